The third-order valence-electron chi connectivity index (χ3n) is 11.5. The summed E-state index contributed by atoms with van der Waals surface area (Å²) in [6, 6.07) is 23.8. The summed E-state index contributed by atoms with van der Waals surface area (Å²) in [6.07, 6.45) is 4.25. The molecule has 3 aliphatic heterocycles. The fourth-order valence-electron chi connectivity index (χ4n) is 8.44. The quantitative estimate of drug-likeness (QED) is 0.233. The third-order valence-corrected chi connectivity index (χ3v) is 11.5. The number of aromatic nitrogens is 5. The lowest BCUT2D eigenvalue weighted by atomic mass is 9.91. The van der Waals surface area contributed by atoms with Crippen LogP contribution in [0.15, 0.2) is 85.1 Å². The minimum Gasteiger partial charge on any atom is -0.338 e. The van der Waals surface area contributed by atoms with Crippen molar-refractivity contribution in [3.63, 3.8) is 0 Å². The second kappa shape index (κ2) is 16.1. The van der Waals surface area contributed by atoms with E-state index in [9.17, 15) is 19.2 Å². The molecule has 4 amide bonds. The minimum absolute atomic E-state index is 0.0800. The van der Waals surface area contributed by atoms with E-state index in [1.165, 1.54) is 0 Å². The number of para-hydroxylation sites is 1. The van der Waals surface area contributed by atoms with Crippen molar-refractivity contribution in [2.75, 3.05) is 49.5 Å². The molecule has 1 N–H and O–H groups in total. The van der Waals surface area contributed by atoms with E-state index in [0.29, 0.717) is 62.6 Å². The molecule has 0 spiro atoms. The first-order valence-electron chi connectivity index (χ1n) is 19.7. The summed E-state index contributed by atoms with van der Waals surface area (Å²) in [5.74, 6) is 0.455. The summed E-state index contributed by atoms with van der Waals surface area (Å²) < 4.78 is 3.40. The largest absolute Gasteiger partial charge is 0.338 e. The van der Waals surface area contributed by atoms with Crippen molar-refractivity contribution in [1.82, 2.24) is 39.5 Å². The Bertz CT molecular complexity index is 2290. The van der Waals surface area contributed by atoms with Crippen molar-refractivity contribution >= 4 is 35.1 Å². The van der Waals surface area contributed by atoms with E-state index in [2.05, 4.69) is 25.6 Å². The lowest BCUT2D eigenvalue weighted by Crippen LogP contribution is -2.60. The summed E-state index contributed by atoms with van der Waals surface area (Å²) in [5.41, 5.74) is 6.22. The normalized spacial score (nSPS) is 18.7. The Kier molecular flexibility index (Phi) is 10.7. The highest BCUT2D eigenvalue weighted by Crippen LogP contribution is 2.33. The van der Waals surface area contributed by atoms with Gasteiger partial charge in [-0.05, 0) is 68.0 Å². The first-order chi connectivity index (χ1) is 27.6. The standard InChI is InChI=1S/C43H48N10O4/c1-29-15-16-32(27-35(29)41(55)44-33-11-5-4-6-12-33)36-28-51(47-45-36)20-18-39(54)53-21-17-31-10-7-8-13-34(31)40(53)43(57)50-24-22-49(23-25-50)37-14-9-19-52(42(37)56)38-26-30(2)46-48(38)3/h4-8,10-13,15-16,26-28,37,40H,9,14,17-25H2,1-3H3,(H,44,55). The van der Waals surface area contributed by atoms with Gasteiger partial charge in [0.15, 0.2) is 0 Å². The summed E-state index contributed by atoms with van der Waals surface area (Å²) in [6.45, 7) is 7.31. The molecule has 0 saturated carbocycles. The van der Waals surface area contributed by atoms with Gasteiger partial charge in [0.25, 0.3) is 5.91 Å². The third kappa shape index (κ3) is 7.82. The van der Waals surface area contributed by atoms with E-state index < -0.39 is 6.04 Å². The number of carbonyl (C=O) groups is 4. The van der Waals surface area contributed by atoms with Gasteiger partial charge in [0, 0.05) is 75.6 Å². The van der Waals surface area contributed by atoms with Crippen LogP contribution in [0.5, 0.6) is 0 Å². The Hall–Kier alpha value is -6.15. The van der Waals surface area contributed by atoms with Crippen molar-refractivity contribution in [3.05, 3.63) is 113 Å². The molecule has 2 unspecified atom stereocenters. The Morgan fingerprint density at radius 1 is 0.877 bits per heavy atom. The van der Waals surface area contributed by atoms with Crippen molar-refractivity contribution in [2.24, 2.45) is 7.05 Å². The summed E-state index contributed by atoms with van der Waals surface area (Å²) >= 11 is 0. The lowest BCUT2D eigenvalue weighted by Gasteiger charge is -2.44. The van der Waals surface area contributed by atoms with Gasteiger partial charge in [-0.25, -0.2) is 0 Å². The topological polar surface area (TPSA) is 142 Å². The van der Waals surface area contributed by atoms with Gasteiger partial charge in [0.2, 0.25) is 17.7 Å². The number of anilines is 2. The highest BCUT2D eigenvalue weighted by Gasteiger charge is 2.41. The highest BCUT2D eigenvalue weighted by atomic mass is 16.2. The Balaban J connectivity index is 0.918. The van der Waals surface area contributed by atoms with Gasteiger partial charge in [-0.15, -0.1) is 5.10 Å². The predicted octanol–water partition coefficient (Wildman–Crippen LogP) is 4.40. The maximum absolute atomic E-state index is 14.5. The Morgan fingerprint density at radius 2 is 1.65 bits per heavy atom. The van der Waals surface area contributed by atoms with Gasteiger partial charge in [-0.3, -0.25) is 38.3 Å². The van der Waals surface area contributed by atoms with Crippen LogP contribution in [0.25, 0.3) is 11.3 Å². The van der Waals surface area contributed by atoms with E-state index in [4.69, 9.17) is 0 Å². The van der Waals surface area contributed by atoms with Crippen LogP contribution in [-0.4, -0.2) is 108 Å². The molecule has 14 nitrogen and oxygen atoms in total. The van der Waals surface area contributed by atoms with Crippen molar-refractivity contribution in [3.8, 4) is 11.3 Å². The average molecular weight is 769 g/mol. The zero-order chi connectivity index (χ0) is 39.6. The molecule has 3 aromatic carbocycles. The zero-order valence-electron chi connectivity index (χ0n) is 32.7. The van der Waals surface area contributed by atoms with E-state index in [1.54, 1.807) is 26.5 Å². The molecule has 3 aliphatic rings. The number of benzene rings is 3. The number of hydrogen-bond acceptors (Lipinski definition) is 8. The fourth-order valence-corrected chi connectivity index (χ4v) is 8.44. The molecule has 2 aromatic heterocycles. The van der Waals surface area contributed by atoms with Crippen LogP contribution < -0.4 is 10.2 Å². The fraction of sp³-hybridized carbons (Fsp3) is 0.372. The van der Waals surface area contributed by atoms with Crippen LogP contribution in [0.2, 0.25) is 0 Å². The maximum Gasteiger partial charge on any atom is 0.255 e. The smallest absolute Gasteiger partial charge is 0.255 e. The van der Waals surface area contributed by atoms with E-state index in [0.717, 1.165) is 46.6 Å². The molecule has 14 heteroatoms. The van der Waals surface area contributed by atoms with Gasteiger partial charge >= 0.3 is 0 Å². The van der Waals surface area contributed by atoms with E-state index in [-0.39, 0.29) is 42.6 Å². The van der Waals surface area contributed by atoms with Crippen molar-refractivity contribution < 1.29 is 19.2 Å². The van der Waals surface area contributed by atoms with Crippen LogP contribution in [0.4, 0.5) is 11.5 Å². The molecular formula is C43H48N10O4. The van der Waals surface area contributed by atoms with Crippen LogP contribution in [0.3, 0.4) is 0 Å². The molecule has 0 radical (unpaired) electrons. The van der Waals surface area contributed by atoms with Gasteiger partial charge < -0.3 is 15.1 Å². The number of piperidine rings is 1. The van der Waals surface area contributed by atoms with Crippen molar-refractivity contribution in [1.29, 1.82) is 0 Å². The number of hydrogen-bond donors (Lipinski definition) is 1. The van der Waals surface area contributed by atoms with E-state index in [1.807, 2.05) is 103 Å². The second-order valence-corrected chi connectivity index (χ2v) is 15.2. The Morgan fingerprint density at radius 3 is 2.42 bits per heavy atom. The molecule has 0 aliphatic carbocycles. The number of aryl methyl sites for hydroxylation is 4. The van der Waals surface area contributed by atoms with Gasteiger partial charge in [-0.2, -0.15) is 5.10 Å². The first kappa shape index (κ1) is 37.8. The molecule has 5 aromatic rings. The molecule has 0 bridgehead atoms. The molecule has 57 heavy (non-hydrogen) atoms. The number of carbonyl (C=O) groups excluding carboxylic acids is 4. The zero-order valence-corrected chi connectivity index (χ0v) is 32.7. The van der Waals surface area contributed by atoms with Crippen LogP contribution in [-0.2, 0) is 34.4 Å². The minimum atomic E-state index is -0.729. The summed E-state index contributed by atoms with van der Waals surface area (Å²) in [5, 5.41) is 16.0. The number of piperazine rings is 1. The first-order valence-corrected chi connectivity index (χ1v) is 19.7. The van der Waals surface area contributed by atoms with Gasteiger partial charge in [-0.1, -0.05) is 59.8 Å². The average Bonchev–Trinajstić information content (AvgIpc) is 3.85. The van der Waals surface area contributed by atoms with Crippen LogP contribution in [0, 0.1) is 13.8 Å². The molecule has 2 atom stereocenters. The second-order valence-electron chi connectivity index (χ2n) is 15.2. The summed E-state index contributed by atoms with van der Waals surface area (Å²) in [4.78, 5) is 63.0. The van der Waals surface area contributed by atoms with Gasteiger partial charge in [0.1, 0.15) is 17.6 Å². The number of nitrogens with zero attached hydrogens (tertiary/aromatic N) is 9. The van der Waals surface area contributed by atoms with Crippen LogP contribution >= 0.6 is 0 Å². The molecule has 2 fully saturated rings. The summed E-state index contributed by atoms with van der Waals surface area (Å²) in [7, 11) is 1.87. The molecule has 8 rings (SSSR count). The highest BCUT2D eigenvalue weighted by molar-refractivity contribution is 6.06. The maximum atomic E-state index is 14.5. The molecule has 2 saturated heterocycles. The number of rotatable bonds is 9. The van der Waals surface area contributed by atoms with Gasteiger partial charge in [0.05, 0.1) is 24.5 Å². The SMILES string of the molecule is Cc1cc(N2CCCC(N3CCN(C(=O)C4c5ccccc5CCN4C(=O)CCn4cc(-c5ccc(C)c(C(=O)Nc6ccccc6)c5)nn4)CC3)C2=O)n(C)n1. The molecular weight excluding hydrogens is 721 g/mol. The number of amides is 4. The van der Waals surface area contributed by atoms with E-state index >= 15 is 0 Å². The molecule has 5 heterocycles. The predicted molar refractivity (Wildman–Crippen MR) is 215 cm³/mol. The monoisotopic (exact) mass is 768 g/mol. The Labute approximate surface area is 332 Å². The number of fused-ring (bicyclic) bond motifs is 1. The number of nitrogens with one attached hydrogen (secondary N) is 1. The van der Waals surface area contributed by atoms with Crippen molar-refractivity contribution in [2.45, 2.75) is 58.2 Å². The molecule has 294 valence electrons. The lowest BCUT2D eigenvalue weighted by molar-refractivity contribution is -0.148. The van der Waals surface area contributed by atoms with Crippen LogP contribution in [0.1, 0.15) is 58.0 Å².